The summed E-state index contributed by atoms with van der Waals surface area (Å²) in [5.74, 6) is -1.06. The topological polar surface area (TPSA) is 63.6 Å². The van der Waals surface area contributed by atoms with E-state index in [4.69, 9.17) is 5.11 Å². The molecule has 0 aliphatic rings. The summed E-state index contributed by atoms with van der Waals surface area (Å²) < 4.78 is 4.62. The first kappa shape index (κ1) is 19.0. The largest absolute Gasteiger partial charge is 0.478 e. The van der Waals surface area contributed by atoms with Crippen molar-refractivity contribution in [2.24, 2.45) is 0 Å². The molecule has 0 heterocycles. The fraction of sp³-hybridized carbons (Fsp3) is 0.636. The number of carbonyl (C=O) groups excluding carboxylic acids is 1. The van der Waals surface area contributed by atoms with E-state index in [0.29, 0.717) is 12.2 Å². The third-order valence-corrected chi connectivity index (χ3v) is 2.07. The maximum Gasteiger partial charge on any atom is 0.330 e. The van der Waals surface area contributed by atoms with Gasteiger partial charge in [0.15, 0.2) is 0 Å². The van der Waals surface area contributed by atoms with E-state index in [0.717, 1.165) is 0 Å². The lowest BCUT2D eigenvalue weighted by molar-refractivity contribution is -0.142. The van der Waals surface area contributed by atoms with Gasteiger partial charge in [-0.2, -0.15) is 0 Å². The molecule has 4 nitrogen and oxygen atoms in total. The van der Waals surface area contributed by atoms with E-state index in [-0.39, 0.29) is 15.6 Å². The van der Waals surface area contributed by atoms with Crippen LogP contribution >= 0.6 is 31.9 Å². The van der Waals surface area contributed by atoms with Crippen LogP contribution in [0.5, 0.6) is 0 Å². The molecule has 0 bridgehead atoms. The minimum absolute atomic E-state index is 0.133. The van der Waals surface area contributed by atoms with Gasteiger partial charge in [0.05, 0.1) is 6.61 Å². The third-order valence-electron chi connectivity index (χ3n) is 1.43. The summed E-state index contributed by atoms with van der Waals surface area (Å²) in [7, 11) is 0. The highest BCUT2D eigenvalue weighted by molar-refractivity contribution is 9.10. The first-order chi connectivity index (χ1) is 7.72. The summed E-state index contributed by atoms with van der Waals surface area (Å²) in [6.07, 6.45) is 1.64. The number of halogens is 2. The summed E-state index contributed by atoms with van der Waals surface area (Å²) in [6, 6.07) is 0. The van der Waals surface area contributed by atoms with Gasteiger partial charge < -0.3 is 9.84 Å². The number of hydrogen-bond donors (Lipinski definition) is 1. The van der Waals surface area contributed by atoms with E-state index in [1.54, 1.807) is 26.8 Å². The number of aliphatic carboxylic acids is 1. The minimum Gasteiger partial charge on any atom is -0.478 e. The standard InChI is InChI=1S/C6H9BrO2.C5H9BrO2/c1-4(6(8)9)3-5(2)7;1-3-8-5(7)4(2)6/h3,5H,1-2H3,(H,8,9);4H,3H2,1-2H3. The average molecular weight is 374 g/mol. The highest BCUT2D eigenvalue weighted by atomic mass is 79.9. The Morgan fingerprint density at radius 1 is 1.35 bits per heavy atom. The number of carboxylic acids is 1. The summed E-state index contributed by atoms with van der Waals surface area (Å²) in [5, 5.41) is 8.34. The van der Waals surface area contributed by atoms with Gasteiger partial charge in [0, 0.05) is 10.4 Å². The molecule has 0 radical (unpaired) electrons. The van der Waals surface area contributed by atoms with Crippen LogP contribution in [0.1, 0.15) is 27.7 Å². The number of carboxylic acid groups (broad SMARTS) is 1. The molecule has 2 unspecified atom stereocenters. The van der Waals surface area contributed by atoms with E-state index in [1.807, 2.05) is 6.92 Å². The zero-order valence-corrected chi connectivity index (χ0v) is 13.5. The number of rotatable bonds is 4. The molecule has 0 rings (SSSR count). The zero-order chi connectivity index (χ0) is 14.0. The Morgan fingerprint density at radius 2 is 1.82 bits per heavy atom. The predicted molar refractivity (Wildman–Crippen MR) is 74.8 cm³/mol. The monoisotopic (exact) mass is 372 g/mol. The van der Waals surface area contributed by atoms with Crippen LogP contribution in [0.4, 0.5) is 0 Å². The van der Waals surface area contributed by atoms with Crippen LogP contribution in [0, 0.1) is 0 Å². The van der Waals surface area contributed by atoms with Crippen LogP contribution in [0.2, 0.25) is 0 Å². The highest BCUT2D eigenvalue weighted by Crippen LogP contribution is 2.03. The molecule has 0 amide bonds. The number of ether oxygens (including phenoxy) is 1. The summed E-state index contributed by atoms with van der Waals surface area (Å²) in [4.78, 5) is 20.6. The molecule has 6 heteroatoms. The number of hydrogen-bond acceptors (Lipinski definition) is 3. The van der Waals surface area contributed by atoms with Gasteiger partial charge in [-0.05, 0) is 27.7 Å². The number of esters is 1. The molecule has 0 aromatic carbocycles. The van der Waals surface area contributed by atoms with Gasteiger partial charge in [0.2, 0.25) is 0 Å². The molecule has 0 spiro atoms. The van der Waals surface area contributed by atoms with Crippen molar-refractivity contribution in [2.45, 2.75) is 37.3 Å². The smallest absolute Gasteiger partial charge is 0.330 e. The van der Waals surface area contributed by atoms with E-state index < -0.39 is 5.97 Å². The van der Waals surface area contributed by atoms with Gasteiger partial charge >= 0.3 is 11.9 Å². The fourth-order valence-electron chi connectivity index (χ4n) is 0.673. The number of alkyl halides is 2. The molecule has 0 fully saturated rings. The Balaban J connectivity index is 0. The molecule has 0 saturated carbocycles. The van der Waals surface area contributed by atoms with Gasteiger partial charge in [0.25, 0.3) is 0 Å². The van der Waals surface area contributed by atoms with Crippen LogP contribution in [0.3, 0.4) is 0 Å². The molecule has 0 aromatic rings. The van der Waals surface area contributed by atoms with Crippen molar-refractivity contribution in [3.63, 3.8) is 0 Å². The molecule has 0 aromatic heterocycles. The molecule has 0 saturated heterocycles. The number of allylic oxidation sites excluding steroid dienone is 1. The Hall–Kier alpha value is -0.360. The summed E-state index contributed by atoms with van der Waals surface area (Å²) >= 11 is 6.27. The maximum absolute atomic E-state index is 10.5. The summed E-state index contributed by atoms with van der Waals surface area (Å²) in [6.45, 7) is 7.41. The minimum atomic E-state index is -0.860. The first-order valence-corrected chi connectivity index (χ1v) is 6.91. The molecule has 0 aliphatic carbocycles. The van der Waals surface area contributed by atoms with Crippen LogP contribution < -0.4 is 0 Å². The molecule has 1 N–H and O–H groups in total. The molecule has 100 valence electrons. The van der Waals surface area contributed by atoms with Gasteiger partial charge in [-0.15, -0.1) is 0 Å². The van der Waals surface area contributed by atoms with Crippen molar-refractivity contribution in [1.29, 1.82) is 0 Å². The lowest BCUT2D eigenvalue weighted by atomic mass is 10.2. The van der Waals surface area contributed by atoms with Crippen molar-refractivity contribution in [1.82, 2.24) is 0 Å². The Kier molecular flexibility index (Phi) is 12.0. The van der Waals surface area contributed by atoms with Gasteiger partial charge in [-0.3, -0.25) is 4.79 Å². The zero-order valence-electron chi connectivity index (χ0n) is 10.4. The second kappa shape index (κ2) is 10.8. The Bertz CT molecular complexity index is 273. The SMILES string of the molecule is CC(=CC(C)Br)C(=O)O.CCOC(=O)C(C)Br. The van der Waals surface area contributed by atoms with Crippen LogP contribution in [0.15, 0.2) is 11.6 Å². The lowest BCUT2D eigenvalue weighted by Crippen LogP contribution is -2.13. The Morgan fingerprint density at radius 3 is 1.94 bits per heavy atom. The van der Waals surface area contributed by atoms with Crippen LogP contribution in [-0.2, 0) is 14.3 Å². The first-order valence-electron chi connectivity index (χ1n) is 5.08. The maximum atomic E-state index is 10.5. The van der Waals surface area contributed by atoms with Crippen LogP contribution in [0.25, 0.3) is 0 Å². The molecule has 17 heavy (non-hydrogen) atoms. The average Bonchev–Trinajstić information content (AvgIpc) is 2.17. The van der Waals surface area contributed by atoms with Gasteiger partial charge in [-0.1, -0.05) is 37.9 Å². The lowest BCUT2D eigenvalue weighted by Gasteiger charge is -2.00. The van der Waals surface area contributed by atoms with E-state index in [1.165, 1.54) is 0 Å². The van der Waals surface area contributed by atoms with Crippen molar-refractivity contribution in [3.05, 3.63) is 11.6 Å². The molecular formula is C11H18Br2O4. The van der Waals surface area contributed by atoms with Crippen molar-refractivity contribution in [2.75, 3.05) is 6.61 Å². The van der Waals surface area contributed by atoms with Gasteiger partial charge in [-0.25, -0.2) is 4.79 Å². The van der Waals surface area contributed by atoms with Crippen molar-refractivity contribution < 1.29 is 19.4 Å². The number of carbonyl (C=O) groups is 2. The van der Waals surface area contributed by atoms with Gasteiger partial charge in [0.1, 0.15) is 4.83 Å². The second-order valence-corrected chi connectivity index (χ2v) is 6.02. The molecule has 2 atom stereocenters. The quantitative estimate of drug-likeness (QED) is 0.467. The second-order valence-electron chi connectivity index (χ2n) is 3.20. The fourth-order valence-corrected chi connectivity index (χ4v) is 1.20. The van der Waals surface area contributed by atoms with Crippen molar-refractivity contribution >= 4 is 43.8 Å². The summed E-state index contributed by atoms with van der Waals surface area (Å²) in [5.41, 5.74) is 0.374. The van der Waals surface area contributed by atoms with E-state index >= 15 is 0 Å². The van der Waals surface area contributed by atoms with Crippen molar-refractivity contribution in [3.8, 4) is 0 Å². The normalized spacial score (nSPS) is 14.1. The third kappa shape index (κ3) is 13.6. The van der Waals surface area contributed by atoms with E-state index in [2.05, 4.69) is 36.6 Å². The van der Waals surface area contributed by atoms with Crippen LogP contribution in [-0.4, -0.2) is 33.3 Å². The molecular weight excluding hydrogens is 356 g/mol. The van der Waals surface area contributed by atoms with E-state index in [9.17, 15) is 9.59 Å². The highest BCUT2D eigenvalue weighted by Gasteiger charge is 2.07. The predicted octanol–water partition coefficient (Wildman–Crippen LogP) is 3.13. The molecule has 0 aliphatic heterocycles. The Labute approximate surface area is 119 Å².